The molecule has 2 nitrogen and oxygen atoms in total. The summed E-state index contributed by atoms with van der Waals surface area (Å²) in [6.45, 7) is 0. The van der Waals surface area contributed by atoms with Crippen LogP contribution in [0.3, 0.4) is 0 Å². The summed E-state index contributed by atoms with van der Waals surface area (Å²) in [5, 5.41) is 0. The van der Waals surface area contributed by atoms with Gasteiger partial charge in [0, 0.05) is 34.4 Å². The van der Waals surface area contributed by atoms with E-state index in [2.05, 4.69) is 253 Å². The Morgan fingerprint density at radius 3 is 1.68 bits per heavy atom. The molecular weight excluding hydrogens is 761 g/mol. The number of allylic oxidation sites excluding steroid dienone is 5. The molecule has 1 aliphatic heterocycles. The van der Waals surface area contributed by atoms with E-state index in [0.717, 1.165) is 29.9 Å². The van der Waals surface area contributed by atoms with Crippen molar-refractivity contribution >= 4 is 28.3 Å². The van der Waals surface area contributed by atoms with E-state index in [-0.39, 0.29) is 6.04 Å². The molecule has 3 aliphatic carbocycles. The lowest BCUT2D eigenvalue weighted by atomic mass is 9.67. The zero-order valence-electron chi connectivity index (χ0n) is 35.1. The average Bonchev–Trinajstić information content (AvgIpc) is 3.86. The molecule has 2 heteroatoms. The third-order valence-electron chi connectivity index (χ3n) is 13.7. The summed E-state index contributed by atoms with van der Waals surface area (Å²) in [7, 11) is 0. The molecule has 300 valence electrons. The summed E-state index contributed by atoms with van der Waals surface area (Å²) >= 11 is 0. The van der Waals surface area contributed by atoms with Gasteiger partial charge in [0.25, 0.3) is 0 Å². The van der Waals surface area contributed by atoms with E-state index in [1.165, 1.54) is 72.6 Å². The molecule has 1 heterocycles. The average molecular weight is 807 g/mol. The summed E-state index contributed by atoms with van der Waals surface area (Å²) in [5.74, 6) is 0.307. The topological polar surface area (TPSA) is 6.48 Å². The number of benzene rings is 8. The molecule has 0 spiro atoms. The van der Waals surface area contributed by atoms with Gasteiger partial charge in [0.2, 0.25) is 0 Å². The normalized spacial score (nSPS) is 17.7. The highest BCUT2D eigenvalue weighted by Gasteiger charge is 2.46. The van der Waals surface area contributed by atoms with Gasteiger partial charge in [-0.1, -0.05) is 194 Å². The van der Waals surface area contributed by atoms with Crippen LogP contribution in [0.15, 0.2) is 254 Å². The van der Waals surface area contributed by atoms with Crippen molar-refractivity contribution in [3.63, 3.8) is 0 Å². The largest absolute Gasteiger partial charge is 0.334 e. The molecule has 4 aliphatic rings. The highest BCUT2D eigenvalue weighted by atomic mass is 15.2. The summed E-state index contributed by atoms with van der Waals surface area (Å²) in [6, 6.07) is 78.4. The standard InChI is InChI=1S/C61H46N2/c1-5-17-43(18-6-1)44-29-34-50(35-30-44)62(51-36-31-45(32-37-51)46-33-40-60-56(41-46)55-26-14-16-28-59(55)63(60)49-23-11-4-12-24-49)52-38-39-54-53-25-13-15-27-57(53)61(58(54)42-52,47-19-7-2-8-20-47)48-21-9-3-10-22-48/h1-13,15,17-42,56,60H,14,16H2. The predicted molar refractivity (Wildman–Crippen MR) is 263 cm³/mol. The molecule has 2 unspecified atom stereocenters. The highest BCUT2D eigenvalue weighted by Crippen LogP contribution is 2.57. The summed E-state index contributed by atoms with van der Waals surface area (Å²) in [6.07, 6.45) is 14.4. The Balaban J connectivity index is 0.977. The highest BCUT2D eigenvalue weighted by molar-refractivity contribution is 5.90. The van der Waals surface area contributed by atoms with Gasteiger partial charge in [0.05, 0.1) is 11.5 Å². The molecule has 1 saturated heterocycles. The van der Waals surface area contributed by atoms with E-state index in [1.807, 2.05) is 0 Å². The molecule has 0 amide bonds. The zero-order valence-corrected chi connectivity index (χ0v) is 35.1. The fourth-order valence-corrected chi connectivity index (χ4v) is 10.9. The number of rotatable bonds is 8. The molecule has 0 radical (unpaired) electrons. The summed E-state index contributed by atoms with van der Waals surface area (Å²) in [5.41, 5.74) is 19.5. The first-order valence-electron chi connectivity index (χ1n) is 22.3. The van der Waals surface area contributed by atoms with Crippen molar-refractivity contribution in [3.05, 3.63) is 282 Å². The zero-order chi connectivity index (χ0) is 41.7. The van der Waals surface area contributed by atoms with Crippen molar-refractivity contribution in [2.24, 2.45) is 5.92 Å². The van der Waals surface area contributed by atoms with Crippen molar-refractivity contribution in [2.75, 3.05) is 9.80 Å². The third kappa shape index (κ3) is 6.09. The van der Waals surface area contributed by atoms with E-state index < -0.39 is 5.41 Å². The summed E-state index contributed by atoms with van der Waals surface area (Å²) in [4.78, 5) is 4.98. The predicted octanol–water partition coefficient (Wildman–Crippen LogP) is 15.2. The van der Waals surface area contributed by atoms with Crippen LogP contribution in [0.4, 0.5) is 22.7 Å². The van der Waals surface area contributed by atoms with Crippen molar-refractivity contribution in [3.8, 4) is 22.3 Å². The fraction of sp³-hybridized carbons (Fsp3) is 0.0820. The summed E-state index contributed by atoms with van der Waals surface area (Å²) < 4.78 is 0. The number of nitrogens with zero attached hydrogens (tertiary/aromatic N) is 2. The second-order valence-electron chi connectivity index (χ2n) is 17.1. The van der Waals surface area contributed by atoms with Gasteiger partial charge >= 0.3 is 0 Å². The minimum atomic E-state index is -0.492. The van der Waals surface area contributed by atoms with Gasteiger partial charge in [0.15, 0.2) is 0 Å². The molecule has 8 aromatic rings. The van der Waals surface area contributed by atoms with Gasteiger partial charge < -0.3 is 9.80 Å². The first-order valence-corrected chi connectivity index (χ1v) is 22.3. The molecular formula is C61H46N2. The quantitative estimate of drug-likeness (QED) is 0.151. The number of hydrogen-bond donors (Lipinski definition) is 0. The molecule has 63 heavy (non-hydrogen) atoms. The first kappa shape index (κ1) is 37.1. The number of hydrogen-bond acceptors (Lipinski definition) is 2. The molecule has 8 aromatic carbocycles. The maximum Gasteiger partial charge on any atom is 0.0714 e. The van der Waals surface area contributed by atoms with E-state index in [1.54, 1.807) is 0 Å². The van der Waals surface area contributed by atoms with E-state index in [4.69, 9.17) is 0 Å². The van der Waals surface area contributed by atoms with Gasteiger partial charge in [-0.2, -0.15) is 0 Å². The van der Waals surface area contributed by atoms with Crippen LogP contribution >= 0.6 is 0 Å². The van der Waals surface area contributed by atoms with Gasteiger partial charge in [0.1, 0.15) is 0 Å². The first-order chi connectivity index (χ1) is 31.3. The molecule has 1 fully saturated rings. The van der Waals surface area contributed by atoms with Crippen molar-refractivity contribution < 1.29 is 0 Å². The van der Waals surface area contributed by atoms with Crippen molar-refractivity contribution in [1.29, 1.82) is 0 Å². The van der Waals surface area contributed by atoms with Gasteiger partial charge in [-0.25, -0.2) is 0 Å². The van der Waals surface area contributed by atoms with E-state index >= 15 is 0 Å². The number of anilines is 4. The molecule has 2 atom stereocenters. The van der Waals surface area contributed by atoms with Gasteiger partial charge in [-0.3, -0.25) is 0 Å². The van der Waals surface area contributed by atoms with E-state index in [0.29, 0.717) is 5.92 Å². The van der Waals surface area contributed by atoms with Crippen LogP contribution in [0.25, 0.3) is 27.8 Å². The third-order valence-corrected chi connectivity index (χ3v) is 13.7. The minimum Gasteiger partial charge on any atom is -0.334 e. The van der Waals surface area contributed by atoms with Crippen LogP contribution in [0.2, 0.25) is 0 Å². The second kappa shape index (κ2) is 15.3. The molecule has 0 N–H and O–H groups in total. The van der Waals surface area contributed by atoms with Crippen LogP contribution < -0.4 is 9.80 Å². The van der Waals surface area contributed by atoms with Gasteiger partial charge in [-0.15, -0.1) is 0 Å². The van der Waals surface area contributed by atoms with Crippen molar-refractivity contribution in [1.82, 2.24) is 0 Å². The Kier molecular flexibility index (Phi) is 9.04. The monoisotopic (exact) mass is 806 g/mol. The smallest absolute Gasteiger partial charge is 0.0714 e. The van der Waals surface area contributed by atoms with Crippen molar-refractivity contribution in [2.45, 2.75) is 24.3 Å². The van der Waals surface area contributed by atoms with Crippen LogP contribution in [0.1, 0.15) is 40.7 Å². The minimum absolute atomic E-state index is 0.269. The maximum absolute atomic E-state index is 2.54. The molecule has 0 aromatic heterocycles. The van der Waals surface area contributed by atoms with Crippen LogP contribution in [-0.4, -0.2) is 6.04 Å². The van der Waals surface area contributed by atoms with Gasteiger partial charge in [-0.05, 0) is 123 Å². The van der Waals surface area contributed by atoms with E-state index in [9.17, 15) is 0 Å². The maximum atomic E-state index is 2.54. The Bertz CT molecular complexity index is 3050. The Labute approximate surface area is 370 Å². The Hall–Kier alpha value is -7.68. The Morgan fingerprint density at radius 2 is 1.00 bits per heavy atom. The second-order valence-corrected chi connectivity index (χ2v) is 17.1. The van der Waals surface area contributed by atoms with Crippen LogP contribution in [-0.2, 0) is 5.41 Å². The molecule has 12 rings (SSSR count). The lowest BCUT2D eigenvalue weighted by Gasteiger charge is -2.35. The molecule has 0 bridgehead atoms. The number of fused-ring (bicyclic) bond motifs is 6. The number of para-hydroxylation sites is 1. The SMILES string of the molecule is C1=CC2C(C=C1c1ccc(N(c3ccc(-c4ccccc4)cc3)c3ccc4c(c3)C(c3ccccc3)(c3ccccc3)c3ccccc3-4)cc1)C1=CCCC=C1N2c1ccccc1. The van der Waals surface area contributed by atoms with Crippen LogP contribution in [0.5, 0.6) is 0 Å². The lowest BCUT2D eigenvalue weighted by molar-refractivity contribution is 0.704. The van der Waals surface area contributed by atoms with Crippen LogP contribution in [0, 0.1) is 5.92 Å². The molecule has 0 saturated carbocycles. The lowest BCUT2D eigenvalue weighted by Crippen LogP contribution is -2.30. The Morgan fingerprint density at radius 1 is 0.460 bits per heavy atom. The fourth-order valence-electron chi connectivity index (χ4n) is 10.9.